The van der Waals surface area contributed by atoms with E-state index in [0.717, 1.165) is 35.5 Å². The molecule has 96 valence electrons. The first-order valence-corrected chi connectivity index (χ1v) is 6.24. The molecule has 2 N–H and O–H groups in total. The molecule has 0 atom stereocenters. The second-order valence-electron chi connectivity index (χ2n) is 4.30. The van der Waals surface area contributed by atoms with E-state index in [0.29, 0.717) is 6.54 Å². The molecule has 0 radical (unpaired) electrons. The van der Waals surface area contributed by atoms with Crippen LogP contribution in [-0.4, -0.2) is 9.78 Å². The predicted molar refractivity (Wildman–Crippen MR) is 70.9 cm³/mol. The molecule has 0 saturated carbocycles. The number of hydrogen-bond acceptors (Lipinski definition) is 2. The smallest absolute Gasteiger partial charge is 0.123 e. The molecular weight excluding hydrogens is 229 g/mol. The number of nitrogens with two attached hydrogens (primary N) is 1. The number of nitrogens with zero attached hydrogens (tertiary/aromatic N) is 2. The monoisotopic (exact) mass is 247 g/mol. The Morgan fingerprint density at radius 1 is 1.28 bits per heavy atom. The SMILES string of the molecule is CCc1nn(Cc2cccc(F)c2)c(CC)c1N. The molecule has 0 unspecified atom stereocenters. The first kappa shape index (κ1) is 12.6. The summed E-state index contributed by atoms with van der Waals surface area (Å²) in [6, 6.07) is 6.58. The van der Waals surface area contributed by atoms with Crippen molar-refractivity contribution >= 4 is 5.69 Å². The highest BCUT2D eigenvalue weighted by Gasteiger charge is 2.12. The molecule has 2 rings (SSSR count). The number of nitrogen functional groups attached to an aromatic ring is 1. The summed E-state index contributed by atoms with van der Waals surface area (Å²) in [6.45, 7) is 4.64. The maximum absolute atomic E-state index is 13.1. The first-order chi connectivity index (χ1) is 8.65. The summed E-state index contributed by atoms with van der Waals surface area (Å²) in [5.74, 6) is -0.221. The highest BCUT2D eigenvalue weighted by Crippen LogP contribution is 2.19. The zero-order valence-electron chi connectivity index (χ0n) is 10.8. The average Bonchev–Trinajstić information content (AvgIpc) is 2.65. The van der Waals surface area contributed by atoms with Crippen molar-refractivity contribution in [2.45, 2.75) is 33.2 Å². The van der Waals surface area contributed by atoms with Crippen molar-refractivity contribution in [3.63, 3.8) is 0 Å². The lowest BCUT2D eigenvalue weighted by atomic mass is 10.2. The molecule has 0 bridgehead atoms. The molecule has 0 aliphatic rings. The van der Waals surface area contributed by atoms with Crippen molar-refractivity contribution in [3.8, 4) is 0 Å². The molecular formula is C14H18FN3. The Morgan fingerprint density at radius 3 is 2.67 bits per heavy atom. The fourth-order valence-electron chi connectivity index (χ4n) is 2.14. The Balaban J connectivity index is 2.34. The van der Waals surface area contributed by atoms with E-state index in [4.69, 9.17) is 5.73 Å². The summed E-state index contributed by atoms with van der Waals surface area (Å²) < 4.78 is 15.0. The largest absolute Gasteiger partial charge is 0.396 e. The van der Waals surface area contributed by atoms with E-state index >= 15 is 0 Å². The van der Waals surface area contributed by atoms with Crippen LogP contribution in [0.4, 0.5) is 10.1 Å². The van der Waals surface area contributed by atoms with Crippen molar-refractivity contribution in [1.82, 2.24) is 9.78 Å². The molecule has 0 spiro atoms. The van der Waals surface area contributed by atoms with Crippen molar-refractivity contribution in [2.24, 2.45) is 0 Å². The van der Waals surface area contributed by atoms with Gasteiger partial charge in [-0.1, -0.05) is 26.0 Å². The second-order valence-corrected chi connectivity index (χ2v) is 4.30. The second kappa shape index (κ2) is 5.21. The molecule has 18 heavy (non-hydrogen) atoms. The van der Waals surface area contributed by atoms with Crippen LogP contribution in [0.3, 0.4) is 0 Å². The average molecular weight is 247 g/mol. The van der Waals surface area contributed by atoms with E-state index in [-0.39, 0.29) is 5.82 Å². The molecule has 1 aromatic heterocycles. The summed E-state index contributed by atoms with van der Waals surface area (Å²) >= 11 is 0. The lowest BCUT2D eigenvalue weighted by Gasteiger charge is -2.06. The Bertz CT molecular complexity index is 546. The highest BCUT2D eigenvalue weighted by molar-refractivity contribution is 5.48. The van der Waals surface area contributed by atoms with Crippen LogP contribution in [0.15, 0.2) is 24.3 Å². The third kappa shape index (κ3) is 2.37. The molecule has 0 amide bonds. The fraction of sp³-hybridized carbons (Fsp3) is 0.357. The zero-order valence-corrected chi connectivity index (χ0v) is 10.8. The summed E-state index contributed by atoms with van der Waals surface area (Å²) in [4.78, 5) is 0. The number of hydrogen-bond donors (Lipinski definition) is 1. The van der Waals surface area contributed by atoms with Gasteiger partial charge < -0.3 is 5.73 Å². The van der Waals surface area contributed by atoms with Crippen LogP contribution in [0.5, 0.6) is 0 Å². The van der Waals surface area contributed by atoms with Crippen LogP contribution in [0.1, 0.15) is 30.8 Å². The Morgan fingerprint density at radius 2 is 2.06 bits per heavy atom. The van der Waals surface area contributed by atoms with Gasteiger partial charge in [0.15, 0.2) is 0 Å². The van der Waals surface area contributed by atoms with Gasteiger partial charge in [-0.05, 0) is 30.5 Å². The van der Waals surface area contributed by atoms with Crippen LogP contribution < -0.4 is 5.73 Å². The van der Waals surface area contributed by atoms with Gasteiger partial charge >= 0.3 is 0 Å². The van der Waals surface area contributed by atoms with Gasteiger partial charge in [0.25, 0.3) is 0 Å². The van der Waals surface area contributed by atoms with Crippen LogP contribution in [0.25, 0.3) is 0 Å². The quantitative estimate of drug-likeness (QED) is 0.902. The van der Waals surface area contributed by atoms with E-state index in [1.165, 1.54) is 12.1 Å². The summed E-state index contributed by atoms with van der Waals surface area (Å²) in [5.41, 5.74) is 9.67. The lowest BCUT2D eigenvalue weighted by molar-refractivity contribution is 0.611. The van der Waals surface area contributed by atoms with Gasteiger partial charge in [0.1, 0.15) is 5.82 Å². The van der Waals surface area contributed by atoms with E-state index in [9.17, 15) is 4.39 Å². The van der Waals surface area contributed by atoms with Crippen LogP contribution in [0, 0.1) is 5.82 Å². The van der Waals surface area contributed by atoms with E-state index in [1.54, 1.807) is 6.07 Å². The van der Waals surface area contributed by atoms with Gasteiger partial charge in [0.05, 0.1) is 23.6 Å². The minimum absolute atomic E-state index is 0.221. The lowest BCUT2D eigenvalue weighted by Crippen LogP contribution is -2.06. The number of benzene rings is 1. The number of anilines is 1. The van der Waals surface area contributed by atoms with Crippen molar-refractivity contribution in [2.75, 3.05) is 5.73 Å². The highest BCUT2D eigenvalue weighted by atomic mass is 19.1. The van der Waals surface area contributed by atoms with Crippen molar-refractivity contribution < 1.29 is 4.39 Å². The van der Waals surface area contributed by atoms with Crippen LogP contribution >= 0.6 is 0 Å². The van der Waals surface area contributed by atoms with Gasteiger partial charge in [-0.3, -0.25) is 4.68 Å². The third-order valence-electron chi connectivity index (χ3n) is 3.07. The van der Waals surface area contributed by atoms with Crippen molar-refractivity contribution in [1.29, 1.82) is 0 Å². The number of aromatic nitrogens is 2. The number of halogens is 1. The van der Waals surface area contributed by atoms with Gasteiger partial charge in [-0.2, -0.15) is 5.10 Å². The fourth-order valence-corrected chi connectivity index (χ4v) is 2.14. The Labute approximate surface area is 106 Å². The first-order valence-electron chi connectivity index (χ1n) is 6.24. The molecule has 0 fully saturated rings. The molecule has 4 heteroatoms. The van der Waals surface area contributed by atoms with Gasteiger partial charge in [-0.25, -0.2) is 4.39 Å². The topological polar surface area (TPSA) is 43.8 Å². The summed E-state index contributed by atoms with van der Waals surface area (Å²) in [6.07, 6.45) is 1.64. The zero-order chi connectivity index (χ0) is 13.1. The maximum atomic E-state index is 13.1. The van der Waals surface area contributed by atoms with Gasteiger partial charge in [0.2, 0.25) is 0 Å². The minimum Gasteiger partial charge on any atom is -0.396 e. The normalized spacial score (nSPS) is 10.8. The van der Waals surface area contributed by atoms with Gasteiger partial charge in [-0.15, -0.1) is 0 Å². The molecule has 1 aromatic carbocycles. The molecule has 0 saturated heterocycles. The van der Waals surface area contributed by atoms with Crippen LogP contribution in [-0.2, 0) is 19.4 Å². The molecule has 2 aromatic rings. The Kier molecular flexibility index (Phi) is 3.65. The standard InChI is InChI=1S/C14H18FN3/c1-3-12-14(16)13(4-2)18(17-12)9-10-6-5-7-11(15)8-10/h5-8H,3-4,9,16H2,1-2H3. The number of rotatable bonds is 4. The van der Waals surface area contributed by atoms with E-state index < -0.39 is 0 Å². The van der Waals surface area contributed by atoms with E-state index in [2.05, 4.69) is 12.0 Å². The van der Waals surface area contributed by atoms with Gasteiger partial charge in [0, 0.05) is 0 Å². The summed E-state index contributed by atoms with van der Waals surface area (Å²) in [7, 11) is 0. The predicted octanol–water partition coefficient (Wildman–Crippen LogP) is 2.78. The van der Waals surface area contributed by atoms with Crippen molar-refractivity contribution in [3.05, 3.63) is 47.0 Å². The Hall–Kier alpha value is -1.84. The minimum atomic E-state index is -0.221. The van der Waals surface area contributed by atoms with E-state index in [1.807, 2.05) is 17.7 Å². The maximum Gasteiger partial charge on any atom is 0.123 e. The molecule has 0 aliphatic carbocycles. The van der Waals surface area contributed by atoms with Crippen LogP contribution in [0.2, 0.25) is 0 Å². The summed E-state index contributed by atoms with van der Waals surface area (Å²) in [5, 5.41) is 4.49. The third-order valence-corrected chi connectivity index (χ3v) is 3.07. The number of aryl methyl sites for hydroxylation is 1. The molecule has 0 aliphatic heterocycles. The molecule has 3 nitrogen and oxygen atoms in total. The molecule has 1 heterocycles.